The van der Waals surface area contributed by atoms with Gasteiger partial charge in [0.25, 0.3) is 5.91 Å². The molecule has 0 radical (unpaired) electrons. The molecule has 0 fully saturated rings. The van der Waals surface area contributed by atoms with Crippen LogP contribution in [0.4, 0.5) is 4.39 Å². The first-order chi connectivity index (χ1) is 8.16. The number of hydrogen-bond donors (Lipinski definition) is 1. The molecule has 0 unspecified atom stereocenters. The number of amides is 1. The third kappa shape index (κ3) is 3.05. The van der Waals surface area contributed by atoms with Crippen LogP contribution in [0.1, 0.15) is 15.2 Å². The zero-order valence-corrected chi connectivity index (χ0v) is 10.3. The SMILES string of the molecule is O=C(NCc1ccc(Cl)s1)c1ccccc1F. The molecule has 0 aliphatic carbocycles. The third-order valence-corrected chi connectivity index (χ3v) is 3.40. The van der Waals surface area contributed by atoms with Gasteiger partial charge < -0.3 is 5.32 Å². The van der Waals surface area contributed by atoms with Crippen LogP contribution in [-0.2, 0) is 6.54 Å². The van der Waals surface area contributed by atoms with Crippen molar-refractivity contribution >= 4 is 28.8 Å². The molecule has 0 aliphatic rings. The lowest BCUT2D eigenvalue weighted by molar-refractivity contribution is 0.0947. The predicted octanol–water partition coefficient (Wildman–Crippen LogP) is 3.47. The van der Waals surface area contributed by atoms with E-state index in [9.17, 15) is 9.18 Å². The topological polar surface area (TPSA) is 29.1 Å². The average Bonchev–Trinajstić information content (AvgIpc) is 2.73. The molecular formula is C12H9ClFNOS. The van der Waals surface area contributed by atoms with Gasteiger partial charge in [-0.15, -0.1) is 11.3 Å². The summed E-state index contributed by atoms with van der Waals surface area (Å²) < 4.78 is 14.0. The molecule has 1 N–H and O–H groups in total. The molecule has 0 bridgehead atoms. The van der Waals surface area contributed by atoms with Gasteiger partial charge in [-0.3, -0.25) is 4.79 Å². The monoisotopic (exact) mass is 269 g/mol. The van der Waals surface area contributed by atoms with E-state index < -0.39 is 11.7 Å². The summed E-state index contributed by atoms with van der Waals surface area (Å²) in [6.45, 7) is 0.352. The van der Waals surface area contributed by atoms with E-state index >= 15 is 0 Å². The smallest absolute Gasteiger partial charge is 0.254 e. The van der Waals surface area contributed by atoms with E-state index in [-0.39, 0.29) is 5.56 Å². The molecule has 2 rings (SSSR count). The Labute approximate surface area is 107 Å². The molecule has 0 aliphatic heterocycles. The molecule has 1 heterocycles. The summed E-state index contributed by atoms with van der Waals surface area (Å²) in [6, 6.07) is 9.47. The normalized spacial score (nSPS) is 10.2. The maximum atomic E-state index is 13.3. The van der Waals surface area contributed by atoms with E-state index in [0.717, 1.165) is 4.88 Å². The van der Waals surface area contributed by atoms with Gasteiger partial charge in [0.15, 0.2) is 0 Å². The van der Waals surface area contributed by atoms with E-state index in [1.807, 2.05) is 6.07 Å². The Kier molecular flexibility index (Phi) is 3.76. The average molecular weight is 270 g/mol. The second kappa shape index (κ2) is 5.29. The highest BCUT2D eigenvalue weighted by atomic mass is 35.5. The first kappa shape index (κ1) is 12.1. The quantitative estimate of drug-likeness (QED) is 0.908. The number of nitrogens with one attached hydrogen (secondary N) is 1. The van der Waals surface area contributed by atoms with Crippen LogP contribution in [0.5, 0.6) is 0 Å². The van der Waals surface area contributed by atoms with Crippen molar-refractivity contribution in [2.75, 3.05) is 0 Å². The maximum Gasteiger partial charge on any atom is 0.254 e. The highest BCUT2D eigenvalue weighted by molar-refractivity contribution is 7.16. The van der Waals surface area contributed by atoms with Gasteiger partial charge >= 0.3 is 0 Å². The fraction of sp³-hybridized carbons (Fsp3) is 0.0833. The van der Waals surface area contributed by atoms with Crippen molar-refractivity contribution in [2.45, 2.75) is 6.54 Å². The fourth-order valence-corrected chi connectivity index (χ4v) is 2.38. The standard InChI is InChI=1S/C12H9ClFNOS/c13-11-6-5-8(17-11)7-15-12(16)9-3-1-2-4-10(9)14/h1-6H,7H2,(H,15,16). The summed E-state index contributed by atoms with van der Waals surface area (Å²) in [7, 11) is 0. The van der Waals surface area contributed by atoms with Crippen LogP contribution < -0.4 is 5.32 Å². The number of hydrogen-bond acceptors (Lipinski definition) is 2. The third-order valence-electron chi connectivity index (χ3n) is 2.17. The van der Waals surface area contributed by atoms with Crippen molar-refractivity contribution in [3.8, 4) is 0 Å². The van der Waals surface area contributed by atoms with Crippen molar-refractivity contribution in [3.05, 3.63) is 57.0 Å². The van der Waals surface area contributed by atoms with Gasteiger partial charge in [0, 0.05) is 4.88 Å². The first-order valence-corrected chi connectivity index (χ1v) is 6.13. The number of rotatable bonds is 3. The van der Waals surface area contributed by atoms with Crippen LogP contribution >= 0.6 is 22.9 Å². The van der Waals surface area contributed by atoms with Gasteiger partial charge in [0.2, 0.25) is 0 Å². The van der Waals surface area contributed by atoms with Crippen molar-refractivity contribution in [2.24, 2.45) is 0 Å². The van der Waals surface area contributed by atoms with E-state index in [2.05, 4.69) is 5.32 Å². The number of carbonyl (C=O) groups is 1. The van der Waals surface area contributed by atoms with Crippen LogP contribution in [0.15, 0.2) is 36.4 Å². The van der Waals surface area contributed by atoms with Gasteiger partial charge in [-0.25, -0.2) is 4.39 Å². The summed E-state index contributed by atoms with van der Waals surface area (Å²) in [5.41, 5.74) is 0.0511. The molecule has 2 nitrogen and oxygen atoms in total. The van der Waals surface area contributed by atoms with Gasteiger partial charge in [-0.05, 0) is 24.3 Å². The number of thiophene rings is 1. The molecule has 1 amide bonds. The zero-order chi connectivity index (χ0) is 12.3. The Morgan fingerprint density at radius 1 is 1.29 bits per heavy atom. The van der Waals surface area contributed by atoms with Crippen LogP contribution in [0, 0.1) is 5.82 Å². The Morgan fingerprint density at radius 2 is 2.06 bits per heavy atom. The number of benzene rings is 1. The van der Waals surface area contributed by atoms with Gasteiger partial charge in [0.05, 0.1) is 16.4 Å². The van der Waals surface area contributed by atoms with E-state index in [4.69, 9.17) is 11.6 Å². The molecule has 0 saturated heterocycles. The first-order valence-electron chi connectivity index (χ1n) is 4.94. The number of carbonyl (C=O) groups excluding carboxylic acids is 1. The van der Waals surface area contributed by atoms with Crippen molar-refractivity contribution in [1.82, 2.24) is 5.32 Å². The van der Waals surface area contributed by atoms with E-state index in [0.29, 0.717) is 10.9 Å². The second-order valence-electron chi connectivity index (χ2n) is 3.37. The van der Waals surface area contributed by atoms with Crippen molar-refractivity contribution in [3.63, 3.8) is 0 Å². The lowest BCUT2D eigenvalue weighted by Crippen LogP contribution is -2.23. The molecule has 5 heteroatoms. The second-order valence-corrected chi connectivity index (χ2v) is 5.17. The van der Waals surface area contributed by atoms with Gasteiger partial charge in [-0.1, -0.05) is 23.7 Å². The van der Waals surface area contributed by atoms with E-state index in [1.54, 1.807) is 18.2 Å². The molecule has 17 heavy (non-hydrogen) atoms. The summed E-state index contributed by atoms with van der Waals surface area (Å²) in [5, 5.41) is 2.64. The van der Waals surface area contributed by atoms with Crippen LogP contribution in [-0.4, -0.2) is 5.91 Å². The molecule has 1 aromatic heterocycles. The lowest BCUT2D eigenvalue weighted by atomic mass is 10.2. The molecule has 1 aromatic carbocycles. The Morgan fingerprint density at radius 3 is 2.71 bits per heavy atom. The maximum absolute atomic E-state index is 13.3. The Bertz CT molecular complexity index is 541. The molecule has 0 spiro atoms. The minimum Gasteiger partial charge on any atom is -0.347 e. The molecular weight excluding hydrogens is 261 g/mol. The summed E-state index contributed by atoms with van der Waals surface area (Å²) in [5.74, 6) is -0.943. The van der Waals surface area contributed by atoms with Crippen LogP contribution in [0.25, 0.3) is 0 Å². The summed E-state index contributed by atoms with van der Waals surface area (Å²) >= 11 is 7.15. The summed E-state index contributed by atoms with van der Waals surface area (Å²) in [4.78, 5) is 12.6. The Balaban J connectivity index is 2.01. The summed E-state index contributed by atoms with van der Waals surface area (Å²) in [6.07, 6.45) is 0. The minimum absolute atomic E-state index is 0.0511. The fourth-order valence-electron chi connectivity index (χ4n) is 1.35. The number of halogens is 2. The highest BCUT2D eigenvalue weighted by Gasteiger charge is 2.10. The Hall–Kier alpha value is -1.39. The lowest BCUT2D eigenvalue weighted by Gasteiger charge is -2.04. The van der Waals surface area contributed by atoms with Crippen molar-refractivity contribution < 1.29 is 9.18 Å². The highest BCUT2D eigenvalue weighted by Crippen LogP contribution is 2.21. The van der Waals surface area contributed by atoms with Crippen molar-refractivity contribution in [1.29, 1.82) is 0 Å². The molecule has 0 saturated carbocycles. The van der Waals surface area contributed by atoms with Crippen LogP contribution in [0.3, 0.4) is 0 Å². The minimum atomic E-state index is -0.519. The molecule has 2 aromatic rings. The van der Waals surface area contributed by atoms with Crippen LogP contribution in [0.2, 0.25) is 4.34 Å². The largest absolute Gasteiger partial charge is 0.347 e. The zero-order valence-electron chi connectivity index (χ0n) is 8.74. The van der Waals surface area contributed by atoms with E-state index in [1.165, 1.54) is 23.5 Å². The predicted molar refractivity (Wildman–Crippen MR) is 66.9 cm³/mol. The van der Waals surface area contributed by atoms with Gasteiger partial charge in [0.1, 0.15) is 5.82 Å². The molecule has 88 valence electrons. The van der Waals surface area contributed by atoms with Gasteiger partial charge in [-0.2, -0.15) is 0 Å². The molecule has 0 atom stereocenters.